The van der Waals surface area contributed by atoms with Gasteiger partial charge in [-0.15, -0.1) is 11.8 Å². The molecule has 2 N–H and O–H groups in total. The summed E-state index contributed by atoms with van der Waals surface area (Å²) in [6, 6.07) is -0.0939. The first-order valence-corrected chi connectivity index (χ1v) is 7.21. The normalized spacial score (nSPS) is 19.1. The van der Waals surface area contributed by atoms with Gasteiger partial charge >= 0.3 is 0 Å². The van der Waals surface area contributed by atoms with E-state index < -0.39 is 0 Å². The molecule has 0 aromatic rings. The Kier molecular flexibility index (Phi) is 6.36. The maximum absolute atomic E-state index is 11.7. The zero-order valence-electron chi connectivity index (χ0n) is 10.5. The molecular formula is C11H21N3O2S. The van der Waals surface area contributed by atoms with Crippen molar-refractivity contribution in [1.82, 2.24) is 15.5 Å². The summed E-state index contributed by atoms with van der Waals surface area (Å²) in [4.78, 5) is 25.1. The molecule has 1 fully saturated rings. The van der Waals surface area contributed by atoms with Crippen molar-refractivity contribution in [3.05, 3.63) is 0 Å². The number of thioether (sulfide) groups is 1. The van der Waals surface area contributed by atoms with E-state index in [1.807, 2.05) is 13.8 Å². The second-order valence-electron chi connectivity index (χ2n) is 3.88. The lowest BCUT2D eigenvalue weighted by atomic mass is 10.3. The summed E-state index contributed by atoms with van der Waals surface area (Å²) in [5.74, 6) is 1.75. The third-order valence-electron chi connectivity index (χ3n) is 2.79. The average molecular weight is 259 g/mol. The molecule has 1 aliphatic rings. The maximum atomic E-state index is 11.7. The number of carbonyl (C=O) groups is 2. The van der Waals surface area contributed by atoms with Crippen molar-refractivity contribution >= 4 is 23.6 Å². The van der Waals surface area contributed by atoms with E-state index in [1.54, 1.807) is 16.7 Å². The van der Waals surface area contributed by atoms with Gasteiger partial charge in [-0.25, -0.2) is 0 Å². The van der Waals surface area contributed by atoms with Gasteiger partial charge in [0.2, 0.25) is 11.8 Å². The molecule has 0 radical (unpaired) electrons. The van der Waals surface area contributed by atoms with E-state index >= 15 is 0 Å². The smallest absolute Gasteiger partial charge is 0.238 e. The molecule has 1 unspecified atom stereocenters. The molecule has 1 heterocycles. The van der Waals surface area contributed by atoms with Crippen LogP contribution in [-0.4, -0.2) is 54.0 Å². The van der Waals surface area contributed by atoms with E-state index in [0.29, 0.717) is 13.0 Å². The Morgan fingerprint density at radius 3 is 2.65 bits per heavy atom. The first-order valence-electron chi connectivity index (χ1n) is 6.05. The Balaban J connectivity index is 2.18. The number of carbonyl (C=O) groups excluding carboxylic acids is 2. The molecule has 0 spiro atoms. The average Bonchev–Trinajstić information content (AvgIpc) is 2.84. The molecule has 0 aromatic heterocycles. The lowest BCUT2D eigenvalue weighted by Gasteiger charge is -2.18. The van der Waals surface area contributed by atoms with E-state index in [1.165, 1.54) is 0 Å². The fraction of sp³-hybridized carbons (Fsp3) is 0.818. The van der Waals surface area contributed by atoms with Crippen molar-refractivity contribution in [2.75, 3.05) is 31.3 Å². The minimum Gasteiger partial charge on any atom is -0.354 e. The lowest BCUT2D eigenvalue weighted by Crippen LogP contribution is -2.43. The molecule has 1 atom stereocenters. The standard InChI is InChI=1S/C11H21N3O2S/c1-3-14(4-2)10(15)5-6-12-11(16)9-7-17-8-13-9/h9,13H,3-8H2,1-2H3,(H,12,16). The predicted molar refractivity (Wildman–Crippen MR) is 69.8 cm³/mol. The summed E-state index contributed by atoms with van der Waals surface area (Å²) in [6.07, 6.45) is 0.382. The number of hydrogen-bond donors (Lipinski definition) is 2. The van der Waals surface area contributed by atoms with Crippen LogP contribution < -0.4 is 10.6 Å². The molecule has 1 saturated heterocycles. The molecule has 1 aliphatic heterocycles. The van der Waals surface area contributed by atoms with E-state index in [4.69, 9.17) is 0 Å². The zero-order valence-corrected chi connectivity index (χ0v) is 11.3. The van der Waals surface area contributed by atoms with Gasteiger partial charge in [0.1, 0.15) is 0 Å². The van der Waals surface area contributed by atoms with Crippen LogP contribution >= 0.6 is 11.8 Å². The fourth-order valence-electron chi connectivity index (χ4n) is 1.71. The number of rotatable bonds is 6. The van der Waals surface area contributed by atoms with Gasteiger partial charge in [0, 0.05) is 37.7 Å². The van der Waals surface area contributed by atoms with Crippen molar-refractivity contribution in [3.8, 4) is 0 Å². The molecule has 98 valence electrons. The van der Waals surface area contributed by atoms with Crippen LogP contribution in [0.4, 0.5) is 0 Å². The van der Waals surface area contributed by atoms with Crippen LogP contribution in [0.3, 0.4) is 0 Å². The number of nitrogens with zero attached hydrogens (tertiary/aromatic N) is 1. The number of hydrogen-bond acceptors (Lipinski definition) is 4. The van der Waals surface area contributed by atoms with Crippen molar-refractivity contribution < 1.29 is 9.59 Å². The van der Waals surface area contributed by atoms with Gasteiger partial charge in [-0.3, -0.25) is 14.9 Å². The van der Waals surface area contributed by atoms with Crippen LogP contribution in [0.5, 0.6) is 0 Å². The van der Waals surface area contributed by atoms with Crippen molar-refractivity contribution in [1.29, 1.82) is 0 Å². The monoisotopic (exact) mass is 259 g/mol. The van der Waals surface area contributed by atoms with Crippen LogP contribution in [0.25, 0.3) is 0 Å². The zero-order chi connectivity index (χ0) is 12.7. The van der Waals surface area contributed by atoms with Crippen LogP contribution in [0.1, 0.15) is 20.3 Å². The van der Waals surface area contributed by atoms with E-state index in [-0.39, 0.29) is 17.9 Å². The Morgan fingerprint density at radius 2 is 2.12 bits per heavy atom. The summed E-state index contributed by atoms with van der Waals surface area (Å²) in [7, 11) is 0. The largest absolute Gasteiger partial charge is 0.354 e. The summed E-state index contributed by atoms with van der Waals surface area (Å²) >= 11 is 1.72. The Labute approximate surface area is 107 Å². The summed E-state index contributed by atoms with van der Waals surface area (Å²) < 4.78 is 0. The minimum atomic E-state index is -0.0939. The molecule has 6 heteroatoms. The molecular weight excluding hydrogens is 238 g/mol. The van der Waals surface area contributed by atoms with Crippen molar-refractivity contribution in [3.63, 3.8) is 0 Å². The van der Waals surface area contributed by atoms with Gasteiger partial charge in [-0.2, -0.15) is 0 Å². The molecule has 0 saturated carbocycles. The Bertz CT molecular complexity index is 249. The quantitative estimate of drug-likeness (QED) is 0.706. The number of amides is 2. The Morgan fingerprint density at radius 1 is 1.41 bits per heavy atom. The summed E-state index contributed by atoms with van der Waals surface area (Å²) in [6.45, 7) is 5.80. The van der Waals surface area contributed by atoms with Gasteiger partial charge in [0.05, 0.1) is 6.04 Å². The SMILES string of the molecule is CCN(CC)C(=O)CCNC(=O)C1CSCN1. The highest BCUT2D eigenvalue weighted by Gasteiger charge is 2.22. The lowest BCUT2D eigenvalue weighted by molar-refractivity contribution is -0.130. The Hall–Kier alpha value is -0.750. The van der Waals surface area contributed by atoms with Crippen LogP contribution in [0.15, 0.2) is 0 Å². The minimum absolute atomic E-state index is 0.00217. The molecule has 17 heavy (non-hydrogen) atoms. The first kappa shape index (κ1) is 14.3. The van der Waals surface area contributed by atoms with Gasteiger partial charge in [0.15, 0.2) is 0 Å². The topological polar surface area (TPSA) is 61.4 Å². The van der Waals surface area contributed by atoms with Crippen LogP contribution in [0.2, 0.25) is 0 Å². The maximum Gasteiger partial charge on any atom is 0.238 e. The van der Waals surface area contributed by atoms with Crippen LogP contribution in [-0.2, 0) is 9.59 Å². The summed E-state index contributed by atoms with van der Waals surface area (Å²) in [5, 5.41) is 5.89. The molecule has 0 aromatic carbocycles. The molecule has 1 rings (SSSR count). The molecule has 0 aliphatic carbocycles. The van der Waals surface area contributed by atoms with Crippen molar-refractivity contribution in [2.45, 2.75) is 26.3 Å². The van der Waals surface area contributed by atoms with Crippen LogP contribution in [0, 0.1) is 0 Å². The molecule has 0 bridgehead atoms. The second kappa shape index (κ2) is 7.55. The van der Waals surface area contributed by atoms with Gasteiger partial charge in [0.25, 0.3) is 0 Å². The second-order valence-corrected chi connectivity index (χ2v) is 4.91. The van der Waals surface area contributed by atoms with E-state index in [9.17, 15) is 9.59 Å². The molecule has 5 nitrogen and oxygen atoms in total. The van der Waals surface area contributed by atoms with Gasteiger partial charge < -0.3 is 10.2 Å². The van der Waals surface area contributed by atoms with Crippen molar-refractivity contribution in [2.24, 2.45) is 0 Å². The fourth-order valence-corrected chi connectivity index (χ4v) is 2.66. The third kappa shape index (κ3) is 4.55. The number of nitrogens with one attached hydrogen (secondary N) is 2. The van der Waals surface area contributed by atoms with E-state index in [2.05, 4.69) is 10.6 Å². The first-order chi connectivity index (χ1) is 8.19. The highest BCUT2D eigenvalue weighted by atomic mass is 32.2. The predicted octanol–water partition coefficient (Wildman–Crippen LogP) is 0.0236. The van der Waals surface area contributed by atoms with Gasteiger partial charge in [-0.1, -0.05) is 0 Å². The molecule has 2 amide bonds. The highest BCUT2D eigenvalue weighted by molar-refractivity contribution is 7.99. The third-order valence-corrected chi connectivity index (χ3v) is 3.73. The van der Waals surface area contributed by atoms with E-state index in [0.717, 1.165) is 24.7 Å². The highest BCUT2D eigenvalue weighted by Crippen LogP contribution is 2.09. The summed E-state index contributed by atoms with van der Waals surface area (Å²) in [5.41, 5.74) is 0. The van der Waals surface area contributed by atoms with Gasteiger partial charge in [-0.05, 0) is 13.8 Å².